The Bertz CT molecular complexity index is 363. The van der Waals surface area contributed by atoms with E-state index in [-0.39, 0.29) is 5.41 Å². The summed E-state index contributed by atoms with van der Waals surface area (Å²) in [5.41, 5.74) is 1.46. The maximum Gasteiger partial charge on any atom is 0.132 e. The Morgan fingerprint density at radius 3 is 2.82 bits per heavy atom. The van der Waals surface area contributed by atoms with Gasteiger partial charge in [-0.3, -0.25) is 0 Å². The number of hydrogen-bond donors (Lipinski definition) is 0. The van der Waals surface area contributed by atoms with Crippen LogP contribution in [-0.4, -0.2) is 31.3 Å². The van der Waals surface area contributed by atoms with Gasteiger partial charge in [0.05, 0.1) is 6.61 Å². The summed E-state index contributed by atoms with van der Waals surface area (Å²) in [5, 5.41) is 0. The molecule has 94 valence electrons. The molecule has 0 radical (unpaired) electrons. The minimum absolute atomic E-state index is 0.136. The first kappa shape index (κ1) is 12.4. The van der Waals surface area contributed by atoms with Gasteiger partial charge in [0, 0.05) is 31.5 Å². The Morgan fingerprint density at radius 1 is 1.24 bits per heavy atom. The van der Waals surface area contributed by atoms with Gasteiger partial charge >= 0.3 is 0 Å². The first-order valence-corrected chi connectivity index (χ1v) is 6.37. The van der Waals surface area contributed by atoms with Gasteiger partial charge in [-0.15, -0.1) is 0 Å². The predicted octanol–water partition coefficient (Wildman–Crippen LogP) is 2.61. The number of ether oxygens (including phenoxy) is 1. The minimum Gasteiger partial charge on any atom is -0.380 e. The predicted molar refractivity (Wildman–Crippen MR) is 70.6 cm³/mol. The second-order valence-corrected chi connectivity index (χ2v) is 5.58. The molecule has 0 amide bonds. The Labute approximate surface area is 104 Å². The lowest BCUT2D eigenvalue weighted by molar-refractivity contribution is 0.152. The summed E-state index contributed by atoms with van der Waals surface area (Å²) in [7, 11) is 0. The third kappa shape index (κ3) is 2.97. The summed E-state index contributed by atoms with van der Waals surface area (Å²) in [4.78, 5) is 6.94. The zero-order chi connectivity index (χ0) is 12.3. The SMILES string of the molecule is CC(C)(C)c1cccnc1N1CCCOCC1. The number of pyridine rings is 1. The Balaban J connectivity index is 2.30. The number of rotatable bonds is 1. The van der Waals surface area contributed by atoms with E-state index in [9.17, 15) is 0 Å². The molecule has 1 aliphatic rings. The maximum absolute atomic E-state index is 5.50. The lowest BCUT2D eigenvalue weighted by Gasteiger charge is -2.28. The Kier molecular flexibility index (Phi) is 3.67. The van der Waals surface area contributed by atoms with Gasteiger partial charge in [-0.1, -0.05) is 26.8 Å². The molecule has 0 saturated carbocycles. The maximum atomic E-state index is 5.50. The average molecular weight is 234 g/mol. The van der Waals surface area contributed by atoms with E-state index in [1.807, 2.05) is 12.3 Å². The van der Waals surface area contributed by atoms with Gasteiger partial charge in [0.25, 0.3) is 0 Å². The van der Waals surface area contributed by atoms with Gasteiger partial charge in [-0.05, 0) is 17.9 Å². The molecule has 1 aromatic rings. The van der Waals surface area contributed by atoms with E-state index >= 15 is 0 Å². The van der Waals surface area contributed by atoms with Crippen LogP contribution in [0.1, 0.15) is 32.8 Å². The molecule has 1 fully saturated rings. The van der Waals surface area contributed by atoms with Crippen LogP contribution in [0.15, 0.2) is 18.3 Å². The van der Waals surface area contributed by atoms with E-state index in [0.29, 0.717) is 0 Å². The second-order valence-electron chi connectivity index (χ2n) is 5.58. The van der Waals surface area contributed by atoms with Crippen molar-refractivity contribution in [2.75, 3.05) is 31.2 Å². The Hall–Kier alpha value is -1.09. The zero-order valence-corrected chi connectivity index (χ0v) is 11.1. The molecule has 0 aromatic carbocycles. The fraction of sp³-hybridized carbons (Fsp3) is 0.643. The van der Waals surface area contributed by atoms with Crippen molar-refractivity contribution in [1.29, 1.82) is 0 Å². The summed E-state index contributed by atoms with van der Waals surface area (Å²) < 4.78 is 5.50. The molecule has 1 saturated heterocycles. The van der Waals surface area contributed by atoms with Crippen LogP contribution in [0.4, 0.5) is 5.82 Å². The van der Waals surface area contributed by atoms with Crippen molar-refractivity contribution in [3.05, 3.63) is 23.9 Å². The van der Waals surface area contributed by atoms with Crippen molar-refractivity contribution in [3.8, 4) is 0 Å². The Morgan fingerprint density at radius 2 is 2.06 bits per heavy atom. The monoisotopic (exact) mass is 234 g/mol. The molecule has 0 unspecified atom stereocenters. The van der Waals surface area contributed by atoms with E-state index in [4.69, 9.17) is 4.74 Å². The first-order chi connectivity index (χ1) is 8.09. The molecule has 2 heterocycles. The molecule has 3 nitrogen and oxygen atoms in total. The highest BCUT2D eigenvalue weighted by Gasteiger charge is 2.22. The summed E-state index contributed by atoms with van der Waals surface area (Å²) in [6, 6.07) is 4.21. The van der Waals surface area contributed by atoms with Crippen molar-refractivity contribution in [2.24, 2.45) is 0 Å². The molecule has 0 bridgehead atoms. The van der Waals surface area contributed by atoms with Crippen molar-refractivity contribution in [3.63, 3.8) is 0 Å². The van der Waals surface area contributed by atoms with Crippen molar-refractivity contribution in [2.45, 2.75) is 32.6 Å². The van der Waals surface area contributed by atoms with Crippen LogP contribution in [0.5, 0.6) is 0 Å². The van der Waals surface area contributed by atoms with Gasteiger partial charge < -0.3 is 9.64 Å². The third-order valence-electron chi connectivity index (χ3n) is 3.12. The molecule has 0 N–H and O–H groups in total. The normalized spacial score (nSPS) is 17.9. The fourth-order valence-corrected chi connectivity index (χ4v) is 2.19. The highest BCUT2D eigenvalue weighted by Crippen LogP contribution is 2.30. The van der Waals surface area contributed by atoms with Crippen LogP contribution in [0.2, 0.25) is 0 Å². The minimum atomic E-state index is 0.136. The summed E-state index contributed by atoms with van der Waals surface area (Å²) in [6.07, 6.45) is 2.97. The molecule has 1 aromatic heterocycles. The topological polar surface area (TPSA) is 25.4 Å². The lowest BCUT2D eigenvalue weighted by atomic mass is 9.87. The van der Waals surface area contributed by atoms with Gasteiger partial charge in [-0.25, -0.2) is 4.98 Å². The van der Waals surface area contributed by atoms with Crippen LogP contribution in [0.3, 0.4) is 0 Å². The van der Waals surface area contributed by atoms with Gasteiger partial charge in [0.1, 0.15) is 5.82 Å². The molecule has 17 heavy (non-hydrogen) atoms. The van der Waals surface area contributed by atoms with E-state index < -0.39 is 0 Å². The van der Waals surface area contributed by atoms with Crippen LogP contribution < -0.4 is 4.90 Å². The average Bonchev–Trinajstić information content (AvgIpc) is 2.56. The van der Waals surface area contributed by atoms with Crippen LogP contribution in [-0.2, 0) is 10.2 Å². The van der Waals surface area contributed by atoms with E-state index in [1.165, 1.54) is 5.56 Å². The van der Waals surface area contributed by atoms with E-state index in [0.717, 1.165) is 38.5 Å². The summed E-state index contributed by atoms with van der Waals surface area (Å²) in [5.74, 6) is 1.13. The standard InChI is InChI=1S/C14H22N2O/c1-14(2,3)12-6-4-7-15-13(12)16-8-5-10-17-11-9-16/h4,6-7H,5,8-11H2,1-3H3. The molecular weight excluding hydrogens is 212 g/mol. The van der Waals surface area contributed by atoms with Crippen molar-refractivity contribution >= 4 is 5.82 Å². The number of nitrogens with zero attached hydrogens (tertiary/aromatic N) is 2. The zero-order valence-electron chi connectivity index (χ0n) is 11.1. The number of anilines is 1. The lowest BCUT2D eigenvalue weighted by Crippen LogP contribution is -2.30. The number of aromatic nitrogens is 1. The van der Waals surface area contributed by atoms with Gasteiger partial charge in [0.15, 0.2) is 0 Å². The van der Waals surface area contributed by atoms with E-state index in [2.05, 4.69) is 36.7 Å². The molecule has 3 heteroatoms. The molecular formula is C14H22N2O. The van der Waals surface area contributed by atoms with Gasteiger partial charge in [-0.2, -0.15) is 0 Å². The third-order valence-corrected chi connectivity index (χ3v) is 3.12. The van der Waals surface area contributed by atoms with Crippen LogP contribution in [0, 0.1) is 0 Å². The largest absolute Gasteiger partial charge is 0.380 e. The molecule has 1 aliphatic heterocycles. The quantitative estimate of drug-likeness (QED) is 0.747. The smallest absolute Gasteiger partial charge is 0.132 e. The van der Waals surface area contributed by atoms with Gasteiger partial charge in [0.2, 0.25) is 0 Å². The highest BCUT2D eigenvalue weighted by atomic mass is 16.5. The second kappa shape index (κ2) is 5.05. The number of hydrogen-bond acceptors (Lipinski definition) is 3. The molecule has 0 spiro atoms. The summed E-state index contributed by atoms with van der Waals surface area (Å²) in [6.45, 7) is 10.4. The van der Waals surface area contributed by atoms with Crippen molar-refractivity contribution < 1.29 is 4.74 Å². The van der Waals surface area contributed by atoms with Crippen LogP contribution in [0.25, 0.3) is 0 Å². The molecule has 0 aliphatic carbocycles. The highest BCUT2D eigenvalue weighted by molar-refractivity contribution is 5.50. The van der Waals surface area contributed by atoms with Crippen LogP contribution >= 0.6 is 0 Å². The first-order valence-electron chi connectivity index (χ1n) is 6.37. The summed E-state index contributed by atoms with van der Waals surface area (Å²) >= 11 is 0. The molecule has 0 atom stereocenters. The molecule has 2 rings (SSSR count). The van der Waals surface area contributed by atoms with E-state index in [1.54, 1.807) is 0 Å². The fourth-order valence-electron chi connectivity index (χ4n) is 2.19. The van der Waals surface area contributed by atoms with Crippen molar-refractivity contribution in [1.82, 2.24) is 4.98 Å².